The number of nitrogen functional groups attached to an aromatic ring is 2. The zero-order valence-corrected chi connectivity index (χ0v) is 12.0. The molecule has 2 aromatic rings. The average Bonchev–Trinajstić information content (AvgIpc) is 2.46. The first kappa shape index (κ1) is 18.5. The van der Waals surface area contributed by atoms with Gasteiger partial charge in [-0.15, -0.1) is 0 Å². The molecule has 2 rings (SSSR count). The molecule has 0 saturated heterocycles. The summed E-state index contributed by atoms with van der Waals surface area (Å²) < 4.78 is 10.1. The number of nitrogens with two attached hydrogens (primary N) is 2. The molecule has 125 valence electrons. The molecule has 0 aliphatic rings. The fraction of sp³-hybridized carbons (Fsp3) is 0. The monoisotopic (exact) mass is 335 g/mol. The van der Waals surface area contributed by atoms with Crippen LogP contribution in [0.2, 0.25) is 0 Å². The fourth-order valence-electron chi connectivity index (χ4n) is 1.68. The van der Waals surface area contributed by atoms with Gasteiger partial charge in [0.05, 0.1) is 9.85 Å². The van der Waals surface area contributed by atoms with Gasteiger partial charge >= 0.3 is 19.1 Å². The predicted molar refractivity (Wildman–Crippen MR) is 85.6 cm³/mol. The summed E-state index contributed by atoms with van der Waals surface area (Å²) in [7, 11) is 0.726. The molecule has 0 aliphatic heterocycles. The molecular weight excluding hydrogens is 323 g/mol. The lowest BCUT2D eigenvalue weighted by Gasteiger charge is -2.08. The first-order chi connectivity index (χ1) is 10.9. The van der Waals surface area contributed by atoms with Crippen molar-refractivity contribution in [1.82, 2.24) is 0 Å². The van der Waals surface area contributed by atoms with E-state index in [1.165, 1.54) is 36.4 Å². The Morgan fingerprint density at radius 2 is 1.21 bits per heavy atom. The Kier molecular flexibility index (Phi) is 5.90. The number of anilines is 2. The SMILES string of the molecule is Nc1ccc([N+](=O)[O-])c(O[B]Oc2cc(N)ccc2[N+](=O)[O-])c1.O. The van der Waals surface area contributed by atoms with Gasteiger partial charge in [-0.3, -0.25) is 20.2 Å². The maximum Gasteiger partial charge on any atom is 0.658 e. The summed E-state index contributed by atoms with van der Waals surface area (Å²) in [6, 6.07) is 7.48. The second kappa shape index (κ2) is 7.64. The zero-order valence-electron chi connectivity index (χ0n) is 12.0. The molecule has 0 fully saturated rings. The summed E-state index contributed by atoms with van der Waals surface area (Å²) >= 11 is 0. The third kappa shape index (κ3) is 4.24. The van der Waals surface area contributed by atoms with E-state index in [1.54, 1.807) is 0 Å². The number of rotatable bonds is 6. The Morgan fingerprint density at radius 1 is 0.833 bits per heavy atom. The molecule has 0 bridgehead atoms. The van der Waals surface area contributed by atoms with Crippen molar-refractivity contribution in [1.29, 1.82) is 0 Å². The Labute approximate surface area is 135 Å². The molecule has 0 aliphatic carbocycles. The van der Waals surface area contributed by atoms with E-state index < -0.39 is 9.85 Å². The van der Waals surface area contributed by atoms with Gasteiger partial charge in [-0.2, -0.15) is 0 Å². The standard InChI is InChI=1S/C12H10BN4O6.H2O/c14-7-1-3-9(16(18)19)11(5-7)22-13-23-12-6-8(15)2-4-10(12)17(20)21;/h1-6H,14-15H2;1H2. The smallest absolute Gasteiger partial charge is 0.521 e. The van der Waals surface area contributed by atoms with Crippen molar-refractivity contribution in [3.8, 4) is 11.5 Å². The number of nitrogens with zero attached hydrogens (tertiary/aromatic N) is 2. The van der Waals surface area contributed by atoms with Crippen molar-refractivity contribution in [2.24, 2.45) is 0 Å². The van der Waals surface area contributed by atoms with E-state index >= 15 is 0 Å². The molecule has 11 nitrogen and oxygen atoms in total. The highest BCUT2D eigenvalue weighted by molar-refractivity contribution is 6.21. The highest BCUT2D eigenvalue weighted by Gasteiger charge is 2.19. The summed E-state index contributed by atoms with van der Waals surface area (Å²) in [5.41, 5.74) is 10.9. The van der Waals surface area contributed by atoms with Gasteiger partial charge < -0.3 is 26.3 Å². The molecule has 0 atom stereocenters. The first-order valence-corrected chi connectivity index (χ1v) is 6.11. The molecule has 24 heavy (non-hydrogen) atoms. The number of nitro benzene ring substituents is 2. The maximum absolute atomic E-state index is 10.9. The van der Waals surface area contributed by atoms with Crippen LogP contribution in [0.4, 0.5) is 22.7 Å². The zero-order chi connectivity index (χ0) is 17.0. The van der Waals surface area contributed by atoms with Crippen molar-refractivity contribution in [2.75, 3.05) is 11.5 Å². The van der Waals surface area contributed by atoms with E-state index in [2.05, 4.69) is 0 Å². The van der Waals surface area contributed by atoms with Gasteiger partial charge in [-0.1, -0.05) is 0 Å². The van der Waals surface area contributed by atoms with Crippen LogP contribution in [0.25, 0.3) is 0 Å². The van der Waals surface area contributed by atoms with Crippen molar-refractivity contribution in [2.45, 2.75) is 0 Å². The number of hydrogen-bond donors (Lipinski definition) is 2. The summed E-state index contributed by atoms with van der Waals surface area (Å²) in [5, 5.41) is 21.8. The van der Waals surface area contributed by atoms with Gasteiger partial charge in [0.15, 0.2) is 11.5 Å². The highest BCUT2D eigenvalue weighted by Crippen LogP contribution is 2.31. The third-order valence-electron chi connectivity index (χ3n) is 2.71. The van der Waals surface area contributed by atoms with E-state index in [1.807, 2.05) is 0 Å². The van der Waals surface area contributed by atoms with Crippen LogP contribution in [-0.2, 0) is 0 Å². The van der Waals surface area contributed by atoms with Crippen molar-refractivity contribution in [3.63, 3.8) is 0 Å². The fourth-order valence-corrected chi connectivity index (χ4v) is 1.68. The molecule has 0 heterocycles. The van der Waals surface area contributed by atoms with E-state index in [-0.39, 0.29) is 39.7 Å². The van der Waals surface area contributed by atoms with Crippen LogP contribution in [0, 0.1) is 20.2 Å². The van der Waals surface area contributed by atoms with Gasteiger partial charge in [0, 0.05) is 35.6 Å². The summed E-state index contributed by atoms with van der Waals surface area (Å²) in [5.74, 6) is -0.330. The second-order valence-electron chi connectivity index (χ2n) is 4.30. The van der Waals surface area contributed by atoms with E-state index in [4.69, 9.17) is 20.8 Å². The Morgan fingerprint density at radius 3 is 1.54 bits per heavy atom. The minimum absolute atomic E-state index is 0. The summed E-state index contributed by atoms with van der Waals surface area (Å²) in [6.45, 7) is 0. The topological polar surface area (TPSA) is 188 Å². The van der Waals surface area contributed by atoms with Crippen LogP contribution < -0.4 is 20.8 Å². The lowest BCUT2D eigenvalue weighted by atomic mass is 10.2. The van der Waals surface area contributed by atoms with Crippen molar-refractivity contribution < 1.29 is 24.6 Å². The van der Waals surface area contributed by atoms with Gasteiger partial charge in [-0.05, 0) is 12.1 Å². The van der Waals surface area contributed by atoms with Crippen molar-refractivity contribution in [3.05, 3.63) is 56.6 Å². The van der Waals surface area contributed by atoms with Crippen LogP contribution >= 0.6 is 0 Å². The molecule has 12 heteroatoms. The predicted octanol–water partition coefficient (Wildman–Crippen LogP) is 0.835. The van der Waals surface area contributed by atoms with Crippen LogP contribution in [0.5, 0.6) is 11.5 Å². The number of benzene rings is 2. The lowest BCUT2D eigenvalue weighted by Crippen LogP contribution is -2.13. The summed E-state index contributed by atoms with van der Waals surface area (Å²) in [6.07, 6.45) is 0. The van der Waals surface area contributed by atoms with Gasteiger partial charge in [-0.25, -0.2) is 0 Å². The van der Waals surface area contributed by atoms with Crippen LogP contribution in [0.1, 0.15) is 0 Å². The van der Waals surface area contributed by atoms with Crippen LogP contribution in [-0.4, -0.2) is 23.0 Å². The normalized spacial score (nSPS) is 9.50. The molecule has 0 aromatic heterocycles. The van der Waals surface area contributed by atoms with Gasteiger partial charge in [0.25, 0.3) is 0 Å². The Balaban J connectivity index is 0.00000288. The molecule has 0 unspecified atom stereocenters. The Hall–Kier alpha value is -3.54. The molecule has 0 saturated carbocycles. The molecule has 2 aromatic carbocycles. The minimum Gasteiger partial charge on any atom is -0.521 e. The maximum atomic E-state index is 10.9. The minimum atomic E-state index is -0.661. The Bertz CT molecular complexity index is 708. The molecule has 0 amide bonds. The van der Waals surface area contributed by atoms with Crippen molar-refractivity contribution >= 4 is 30.4 Å². The second-order valence-corrected chi connectivity index (χ2v) is 4.30. The van der Waals surface area contributed by atoms with Crippen LogP contribution in [0.15, 0.2) is 36.4 Å². The highest BCUT2D eigenvalue weighted by atomic mass is 16.6. The summed E-state index contributed by atoms with van der Waals surface area (Å²) in [4.78, 5) is 20.4. The van der Waals surface area contributed by atoms with Gasteiger partial charge in [0.1, 0.15) is 0 Å². The van der Waals surface area contributed by atoms with E-state index in [9.17, 15) is 20.2 Å². The number of hydrogen-bond acceptors (Lipinski definition) is 8. The van der Waals surface area contributed by atoms with Crippen LogP contribution in [0.3, 0.4) is 0 Å². The number of nitro groups is 2. The molecule has 0 spiro atoms. The van der Waals surface area contributed by atoms with E-state index in [0.29, 0.717) is 0 Å². The molecule has 1 radical (unpaired) electrons. The first-order valence-electron chi connectivity index (χ1n) is 6.11. The van der Waals surface area contributed by atoms with E-state index in [0.717, 1.165) is 7.69 Å². The van der Waals surface area contributed by atoms with Gasteiger partial charge in [0.2, 0.25) is 0 Å². The third-order valence-corrected chi connectivity index (χ3v) is 2.71. The lowest BCUT2D eigenvalue weighted by molar-refractivity contribution is -0.385. The quantitative estimate of drug-likeness (QED) is 0.336. The molecule has 6 N–H and O–H groups in total. The molecular formula is C12H12BN4O7. The average molecular weight is 335 g/mol. The largest absolute Gasteiger partial charge is 0.658 e.